The molecule has 3 rings (SSSR count). The highest BCUT2D eigenvalue weighted by Crippen LogP contribution is 2.28. The van der Waals surface area contributed by atoms with Gasteiger partial charge in [-0.05, 0) is 18.6 Å². The maximum absolute atomic E-state index is 11.9. The zero-order valence-corrected chi connectivity index (χ0v) is 11.4. The van der Waals surface area contributed by atoms with Crippen LogP contribution in [0.2, 0.25) is 0 Å². The van der Waals surface area contributed by atoms with E-state index in [1.54, 1.807) is 12.1 Å². The summed E-state index contributed by atoms with van der Waals surface area (Å²) in [5.41, 5.74) is -0.512. The third kappa shape index (κ3) is 2.18. The molecule has 21 heavy (non-hydrogen) atoms. The standard InChI is InChI=1S/C13H14N4O4/c1-21-10(18)8-2-3-9(14-6-8)17-5-4-13(7-17)11(19)15-12(20)16-13/h2-3,6H,4-5,7H2,1H3,(H2,15,16,19,20). The van der Waals surface area contributed by atoms with Crippen LogP contribution in [0.1, 0.15) is 16.8 Å². The van der Waals surface area contributed by atoms with Crippen LogP contribution in [0.5, 0.6) is 0 Å². The topological polar surface area (TPSA) is 101 Å². The van der Waals surface area contributed by atoms with E-state index in [1.807, 2.05) is 4.90 Å². The fourth-order valence-corrected chi connectivity index (χ4v) is 2.63. The number of nitrogens with one attached hydrogen (secondary N) is 2. The van der Waals surface area contributed by atoms with Crippen molar-refractivity contribution in [2.24, 2.45) is 0 Å². The molecular formula is C13H14N4O4. The van der Waals surface area contributed by atoms with Gasteiger partial charge in [-0.3, -0.25) is 10.1 Å². The Morgan fingerprint density at radius 1 is 1.43 bits per heavy atom. The van der Waals surface area contributed by atoms with Gasteiger partial charge in [-0.25, -0.2) is 14.6 Å². The number of imide groups is 1. The van der Waals surface area contributed by atoms with Crippen LogP contribution in [0.3, 0.4) is 0 Å². The lowest BCUT2D eigenvalue weighted by molar-refractivity contribution is -0.123. The first-order valence-corrected chi connectivity index (χ1v) is 6.47. The van der Waals surface area contributed by atoms with E-state index in [4.69, 9.17) is 0 Å². The Balaban J connectivity index is 1.76. The Bertz CT molecular complexity index is 615. The molecule has 1 spiro atoms. The molecule has 2 saturated heterocycles. The lowest BCUT2D eigenvalue weighted by atomic mass is 10.00. The van der Waals surface area contributed by atoms with Crippen LogP contribution < -0.4 is 15.5 Å². The van der Waals surface area contributed by atoms with Gasteiger partial charge in [0.1, 0.15) is 11.4 Å². The van der Waals surface area contributed by atoms with E-state index in [9.17, 15) is 14.4 Å². The van der Waals surface area contributed by atoms with Gasteiger partial charge in [-0.2, -0.15) is 0 Å². The summed E-state index contributed by atoms with van der Waals surface area (Å²) in [7, 11) is 1.31. The van der Waals surface area contributed by atoms with E-state index < -0.39 is 17.5 Å². The number of esters is 1. The Labute approximate surface area is 120 Å². The van der Waals surface area contributed by atoms with Crippen molar-refractivity contribution in [1.82, 2.24) is 15.6 Å². The molecule has 2 N–H and O–H groups in total. The second kappa shape index (κ2) is 4.72. The first-order valence-electron chi connectivity index (χ1n) is 6.47. The van der Waals surface area contributed by atoms with E-state index >= 15 is 0 Å². The molecule has 2 fully saturated rings. The van der Waals surface area contributed by atoms with Crippen molar-refractivity contribution in [3.63, 3.8) is 0 Å². The van der Waals surface area contributed by atoms with Gasteiger partial charge in [0, 0.05) is 12.7 Å². The zero-order valence-electron chi connectivity index (χ0n) is 11.4. The molecule has 1 unspecified atom stereocenters. The Kier molecular flexibility index (Phi) is 3.00. The van der Waals surface area contributed by atoms with Crippen molar-refractivity contribution in [2.75, 3.05) is 25.1 Å². The van der Waals surface area contributed by atoms with Crippen molar-refractivity contribution in [3.8, 4) is 0 Å². The molecular weight excluding hydrogens is 276 g/mol. The molecule has 0 aromatic carbocycles. The average molecular weight is 290 g/mol. The number of nitrogens with zero attached hydrogens (tertiary/aromatic N) is 2. The molecule has 1 atom stereocenters. The van der Waals surface area contributed by atoms with E-state index in [-0.39, 0.29) is 5.91 Å². The van der Waals surface area contributed by atoms with Gasteiger partial charge in [0.25, 0.3) is 5.91 Å². The van der Waals surface area contributed by atoms with Crippen LogP contribution in [0.25, 0.3) is 0 Å². The number of pyridine rings is 1. The molecule has 0 bridgehead atoms. The number of hydrogen-bond acceptors (Lipinski definition) is 6. The summed E-state index contributed by atoms with van der Waals surface area (Å²) in [4.78, 5) is 40.6. The number of carbonyl (C=O) groups is 3. The lowest BCUT2D eigenvalue weighted by Crippen LogP contribution is -2.49. The normalized spacial score (nSPS) is 24.1. The summed E-state index contributed by atoms with van der Waals surface area (Å²) < 4.78 is 4.61. The zero-order chi connectivity index (χ0) is 15.0. The number of amides is 3. The smallest absolute Gasteiger partial charge is 0.339 e. The van der Waals surface area contributed by atoms with Crippen LogP contribution in [0, 0.1) is 0 Å². The lowest BCUT2D eigenvalue weighted by Gasteiger charge is -2.21. The summed E-state index contributed by atoms with van der Waals surface area (Å²) in [6.07, 6.45) is 1.95. The fourth-order valence-electron chi connectivity index (χ4n) is 2.63. The minimum atomic E-state index is -0.875. The van der Waals surface area contributed by atoms with Crippen molar-refractivity contribution in [1.29, 1.82) is 0 Å². The highest BCUT2D eigenvalue weighted by molar-refractivity contribution is 6.07. The number of hydrogen-bond donors (Lipinski definition) is 2. The van der Waals surface area contributed by atoms with Crippen molar-refractivity contribution < 1.29 is 19.1 Å². The van der Waals surface area contributed by atoms with Crippen LogP contribution in [-0.2, 0) is 9.53 Å². The van der Waals surface area contributed by atoms with Gasteiger partial charge < -0.3 is 15.0 Å². The van der Waals surface area contributed by atoms with Crippen molar-refractivity contribution in [3.05, 3.63) is 23.9 Å². The van der Waals surface area contributed by atoms with Crippen LogP contribution in [-0.4, -0.2) is 48.6 Å². The second-order valence-corrected chi connectivity index (χ2v) is 5.06. The maximum Gasteiger partial charge on any atom is 0.339 e. The Morgan fingerprint density at radius 3 is 2.81 bits per heavy atom. The van der Waals surface area contributed by atoms with Crippen molar-refractivity contribution in [2.45, 2.75) is 12.0 Å². The molecule has 8 heteroatoms. The third-order valence-electron chi connectivity index (χ3n) is 3.78. The summed E-state index contributed by atoms with van der Waals surface area (Å²) in [5.74, 6) is -0.107. The third-order valence-corrected chi connectivity index (χ3v) is 3.78. The Hall–Kier alpha value is -2.64. The molecule has 2 aliphatic rings. The number of methoxy groups -OCH3 is 1. The molecule has 3 heterocycles. The molecule has 0 aliphatic carbocycles. The molecule has 1 aromatic rings. The molecule has 0 radical (unpaired) electrons. The average Bonchev–Trinajstić information content (AvgIpc) is 3.03. The number of aromatic nitrogens is 1. The highest BCUT2D eigenvalue weighted by atomic mass is 16.5. The molecule has 8 nitrogen and oxygen atoms in total. The molecule has 0 saturated carbocycles. The van der Waals surface area contributed by atoms with Gasteiger partial charge in [0.05, 0.1) is 19.2 Å². The van der Waals surface area contributed by atoms with Crippen LogP contribution in [0.4, 0.5) is 10.6 Å². The maximum atomic E-state index is 11.9. The molecule has 3 amide bonds. The molecule has 2 aliphatic heterocycles. The van der Waals surface area contributed by atoms with Gasteiger partial charge >= 0.3 is 12.0 Å². The van der Waals surface area contributed by atoms with Crippen LogP contribution in [0.15, 0.2) is 18.3 Å². The van der Waals surface area contributed by atoms with E-state index in [2.05, 4.69) is 20.4 Å². The molecule has 1 aromatic heterocycles. The summed E-state index contributed by atoms with van der Waals surface area (Å²) in [6.45, 7) is 0.952. The van der Waals surface area contributed by atoms with Gasteiger partial charge in [0.2, 0.25) is 0 Å². The van der Waals surface area contributed by atoms with Crippen LogP contribution >= 0.6 is 0 Å². The second-order valence-electron chi connectivity index (χ2n) is 5.06. The monoisotopic (exact) mass is 290 g/mol. The summed E-state index contributed by atoms with van der Waals surface area (Å²) in [6, 6.07) is 2.85. The number of carbonyl (C=O) groups excluding carboxylic acids is 3. The van der Waals surface area contributed by atoms with Crippen molar-refractivity contribution >= 4 is 23.7 Å². The Morgan fingerprint density at radius 2 is 2.24 bits per heavy atom. The summed E-state index contributed by atoms with van der Waals surface area (Å²) in [5, 5.41) is 4.93. The largest absolute Gasteiger partial charge is 0.465 e. The fraction of sp³-hybridized carbons (Fsp3) is 0.385. The predicted molar refractivity (Wildman–Crippen MR) is 71.8 cm³/mol. The van der Waals surface area contributed by atoms with E-state index in [1.165, 1.54) is 13.3 Å². The number of urea groups is 1. The van der Waals surface area contributed by atoms with E-state index in [0.29, 0.717) is 30.9 Å². The predicted octanol–water partition coefficient (Wildman–Crippen LogP) is -0.344. The summed E-state index contributed by atoms with van der Waals surface area (Å²) >= 11 is 0. The minimum Gasteiger partial charge on any atom is -0.465 e. The number of rotatable bonds is 2. The number of ether oxygens (including phenoxy) is 1. The quantitative estimate of drug-likeness (QED) is 0.570. The van der Waals surface area contributed by atoms with E-state index in [0.717, 1.165) is 0 Å². The first kappa shape index (κ1) is 13.3. The first-order chi connectivity index (χ1) is 10.0. The number of anilines is 1. The molecule has 110 valence electrons. The van der Waals surface area contributed by atoms with Gasteiger partial charge in [-0.15, -0.1) is 0 Å². The van der Waals surface area contributed by atoms with Gasteiger partial charge in [0.15, 0.2) is 0 Å². The SMILES string of the molecule is COC(=O)c1ccc(N2CCC3(C2)NC(=O)NC3=O)nc1. The highest BCUT2D eigenvalue weighted by Gasteiger charge is 2.50. The minimum absolute atomic E-state index is 0.304. The van der Waals surface area contributed by atoms with Gasteiger partial charge in [-0.1, -0.05) is 0 Å².